The lowest BCUT2D eigenvalue weighted by atomic mass is 9.98. The molecule has 2 saturated heterocycles. The van der Waals surface area contributed by atoms with Gasteiger partial charge in [-0.15, -0.1) is 0 Å². The van der Waals surface area contributed by atoms with Gasteiger partial charge in [-0.3, -0.25) is 9.88 Å². The number of piperidine rings is 2. The Kier molecular flexibility index (Phi) is 7.06. The van der Waals surface area contributed by atoms with Gasteiger partial charge in [0.2, 0.25) is 0 Å². The van der Waals surface area contributed by atoms with Crippen LogP contribution in [0, 0.1) is 0 Å². The normalized spacial score (nSPS) is 21.4. The summed E-state index contributed by atoms with van der Waals surface area (Å²) >= 11 is 0. The fourth-order valence-corrected chi connectivity index (χ4v) is 4.66. The topological polar surface area (TPSA) is 54.4 Å². The number of nitrogens with zero attached hydrogens (tertiary/aromatic N) is 5. The number of anilines is 1. The quantitative estimate of drug-likeness (QED) is 0.715. The van der Waals surface area contributed by atoms with E-state index in [9.17, 15) is 0 Å². The molecule has 0 amide bonds. The molecule has 6 heteroatoms. The molecule has 0 saturated carbocycles. The van der Waals surface area contributed by atoms with Crippen LogP contribution in [0.15, 0.2) is 37.1 Å². The predicted octanol–water partition coefficient (Wildman–Crippen LogP) is 3.47. The molecule has 0 aromatic carbocycles. The van der Waals surface area contributed by atoms with Crippen LogP contribution in [0.4, 0.5) is 5.82 Å². The summed E-state index contributed by atoms with van der Waals surface area (Å²) in [5.41, 5.74) is 2.45. The van der Waals surface area contributed by atoms with E-state index >= 15 is 0 Å². The first-order valence-corrected chi connectivity index (χ1v) is 11.1. The lowest BCUT2D eigenvalue weighted by molar-refractivity contribution is -0.0242. The Balaban J connectivity index is 1.28. The van der Waals surface area contributed by atoms with Crippen molar-refractivity contribution in [3.63, 3.8) is 0 Å². The van der Waals surface area contributed by atoms with Crippen LogP contribution < -0.4 is 4.90 Å². The average Bonchev–Trinajstić information content (AvgIpc) is 2.79. The highest BCUT2D eigenvalue weighted by atomic mass is 16.5. The lowest BCUT2D eigenvalue weighted by Gasteiger charge is -2.42. The standard InChI is InChI=1S/C23H33N5O/c1-2-5-20-15-25-18-26-23(20)27-12-8-21(9-13-27)28-11-4-7-22(16-28)29-17-19-6-3-10-24-14-19/h3,6,10,14-15,18,21-22H,2,4-5,7-9,11-13,16-17H2,1H3. The molecule has 1 atom stereocenters. The van der Waals surface area contributed by atoms with Gasteiger partial charge in [0.25, 0.3) is 0 Å². The SMILES string of the molecule is CCCc1cncnc1N1CCC(N2CCCC(OCc3cccnc3)C2)CC1. The van der Waals surface area contributed by atoms with Crippen molar-refractivity contribution in [1.29, 1.82) is 0 Å². The van der Waals surface area contributed by atoms with E-state index in [1.807, 2.05) is 24.7 Å². The van der Waals surface area contributed by atoms with E-state index in [1.165, 1.54) is 31.4 Å². The highest BCUT2D eigenvalue weighted by Gasteiger charge is 2.30. The monoisotopic (exact) mass is 395 g/mol. The lowest BCUT2D eigenvalue weighted by Crippen LogP contribution is -2.50. The third kappa shape index (κ3) is 5.31. The van der Waals surface area contributed by atoms with Crippen LogP contribution >= 0.6 is 0 Å². The average molecular weight is 396 g/mol. The molecule has 6 nitrogen and oxygen atoms in total. The number of pyridine rings is 1. The van der Waals surface area contributed by atoms with E-state index in [-0.39, 0.29) is 0 Å². The van der Waals surface area contributed by atoms with Crippen LogP contribution in [0.2, 0.25) is 0 Å². The molecule has 0 N–H and O–H groups in total. The van der Waals surface area contributed by atoms with Crippen LogP contribution in [0.25, 0.3) is 0 Å². The molecular formula is C23H33N5O. The predicted molar refractivity (Wildman–Crippen MR) is 115 cm³/mol. The van der Waals surface area contributed by atoms with Gasteiger partial charge in [-0.05, 0) is 50.3 Å². The summed E-state index contributed by atoms with van der Waals surface area (Å²) in [6.45, 7) is 7.29. The minimum atomic E-state index is 0.333. The number of aromatic nitrogens is 3. The molecule has 0 aliphatic carbocycles. The van der Waals surface area contributed by atoms with Crippen molar-refractivity contribution in [2.75, 3.05) is 31.1 Å². The Hall–Kier alpha value is -2.05. The zero-order chi connectivity index (χ0) is 19.9. The highest BCUT2D eigenvalue weighted by Crippen LogP contribution is 2.26. The molecule has 2 aromatic heterocycles. The Bertz CT molecular complexity index is 748. The largest absolute Gasteiger partial charge is 0.372 e. The Morgan fingerprint density at radius 1 is 1.10 bits per heavy atom. The van der Waals surface area contributed by atoms with E-state index in [1.54, 1.807) is 6.33 Å². The van der Waals surface area contributed by atoms with Gasteiger partial charge >= 0.3 is 0 Å². The summed E-state index contributed by atoms with van der Waals surface area (Å²) in [4.78, 5) is 18.1. The first kappa shape index (κ1) is 20.2. The van der Waals surface area contributed by atoms with Crippen molar-refractivity contribution in [2.24, 2.45) is 0 Å². The van der Waals surface area contributed by atoms with Crippen LogP contribution in [0.5, 0.6) is 0 Å². The van der Waals surface area contributed by atoms with Gasteiger partial charge in [0.15, 0.2) is 0 Å². The van der Waals surface area contributed by atoms with Crippen LogP contribution in [0.1, 0.15) is 50.2 Å². The van der Waals surface area contributed by atoms with E-state index in [0.29, 0.717) is 18.8 Å². The molecule has 156 valence electrons. The molecule has 2 aliphatic heterocycles. The molecule has 29 heavy (non-hydrogen) atoms. The minimum Gasteiger partial charge on any atom is -0.372 e. The molecule has 4 rings (SSSR count). The molecule has 0 radical (unpaired) electrons. The molecule has 0 spiro atoms. The van der Waals surface area contributed by atoms with Crippen molar-refractivity contribution in [3.8, 4) is 0 Å². The van der Waals surface area contributed by atoms with Crippen molar-refractivity contribution < 1.29 is 4.74 Å². The van der Waals surface area contributed by atoms with Crippen molar-refractivity contribution in [2.45, 2.75) is 64.2 Å². The zero-order valence-corrected chi connectivity index (χ0v) is 17.5. The van der Waals surface area contributed by atoms with E-state index in [2.05, 4.69) is 37.7 Å². The van der Waals surface area contributed by atoms with Crippen molar-refractivity contribution >= 4 is 5.82 Å². The maximum absolute atomic E-state index is 6.21. The summed E-state index contributed by atoms with van der Waals surface area (Å²) in [7, 11) is 0. The van der Waals surface area contributed by atoms with Crippen LogP contribution in [-0.4, -0.2) is 58.2 Å². The van der Waals surface area contributed by atoms with Crippen molar-refractivity contribution in [1.82, 2.24) is 19.9 Å². The zero-order valence-electron chi connectivity index (χ0n) is 17.5. The van der Waals surface area contributed by atoms with Gasteiger partial charge in [-0.1, -0.05) is 19.4 Å². The van der Waals surface area contributed by atoms with Crippen LogP contribution in [0.3, 0.4) is 0 Å². The maximum Gasteiger partial charge on any atom is 0.135 e. The summed E-state index contributed by atoms with van der Waals surface area (Å²) in [5, 5.41) is 0. The van der Waals surface area contributed by atoms with E-state index in [0.717, 1.165) is 50.3 Å². The number of likely N-dealkylation sites (tertiary alicyclic amines) is 1. The molecule has 0 bridgehead atoms. The summed E-state index contributed by atoms with van der Waals surface area (Å²) < 4.78 is 6.21. The third-order valence-corrected chi connectivity index (χ3v) is 6.18. The fraction of sp³-hybridized carbons (Fsp3) is 0.609. The molecule has 4 heterocycles. The number of aryl methyl sites for hydroxylation is 1. The van der Waals surface area contributed by atoms with Crippen molar-refractivity contribution in [3.05, 3.63) is 48.2 Å². The van der Waals surface area contributed by atoms with E-state index < -0.39 is 0 Å². The van der Waals surface area contributed by atoms with Gasteiger partial charge in [-0.25, -0.2) is 9.97 Å². The second-order valence-corrected chi connectivity index (χ2v) is 8.27. The molecule has 2 aliphatic rings. The minimum absolute atomic E-state index is 0.333. The smallest absolute Gasteiger partial charge is 0.135 e. The van der Waals surface area contributed by atoms with E-state index in [4.69, 9.17) is 4.74 Å². The number of hydrogen-bond acceptors (Lipinski definition) is 6. The first-order valence-electron chi connectivity index (χ1n) is 11.1. The molecular weight excluding hydrogens is 362 g/mol. The number of hydrogen-bond donors (Lipinski definition) is 0. The third-order valence-electron chi connectivity index (χ3n) is 6.18. The Morgan fingerprint density at radius 3 is 2.79 bits per heavy atom. The first-order chi connectivity index (χ1) is 14.3. The Labute approximate surface area is 174 Å². The molecule has 2 aromatic rings. The molecule has 1 unspecified atom stereocenters. The van der Waals surface area contributed by atoms with Gasteiger partial charge in [0, 0.05) is 49.8 Å². The summed E-state index contributed by atoms with van der Waals surface area (Å²) in [5.74, 6) is 1.15. The van der Waals surface area contributed by atoms with Gasteiger partial charge < -0.3 is 9.64 Å². The van der Waals surface area contributed by atoms with Gasteiger partial charge in [0.1, 0.15) is 12.1 Å². The maximum atomic E-state index is 6.21. The summed E-state index contributed by atoms with van der Waals surface area (Å²) in [6.07, 6.45) is 14.7. The van der Waals surface area contributed by atoms with Crippen LogP contribution in [-0.2, 0) is 17.8 Å². The van der Waals surface area contributed by atoms with Gasteiger partial charge in [-0.2, -0.15) is 0 Å². The fourth-order valence-electron chi connectivity index (χ4n) is 4.66. The second kappa shape index (κ2) is 10.1. The Morgan fingerprint density at radius 2 is 2.00 bits per heavy atom. The number of rotatable bonds is 7. The second-order valence-electron chi connectivity index (χ2n) is 8.27. The molecule has 2 fully saturated rings. The highest BCUT2D eigenvalue weighted by molar-refractivity contribution is 5.46. The number of ether oxygens (including phenoxy) is 1. The van der Waals surface area contributed by atoms with Gasteiger partial charge in [0.05, 0.1) is 12.7 Å². The summed E-state index contributed by atoms with van der Waals surface area (Å²) in [6, 6.07) is 4.72.